The van der Waals surface area contributed by atoms with Gasteiger partial charge in [-0.1, -0.05) is 12.1 Å². The maximum absolute atomic E-state index is 13.2. The van der Waals surface area contributed by atoms with E-state index in [2.05, 4.69) is 5.32 Å². The van der Waals surface area contributed by atoms with Crippen molar-refractivity contribution < 1.29 is 12.8 Å². The van der Waals surface area contributed by atoms with Crippen LogP contribution in [0.2, 0.25) is 0 Å². The number of benzene rings is 2. The average Bonchev–Trinajstić information content (AvgIpc) is 2.37. The van der Waals surface area contributed by atoms with Gasteiger partial charge in [-0.3, -0.25) is 0 Å². The molecule has 1 atom stereocenters. The summed E-state index contributed by atoms with van der Waals surface area (Å²) in [6, 6.07) is 10.2. The lowest BCUT2D eigenvalue weighted by Gasteiger charge is -2.17. The predicted octanol–water partition coefficient (Wildman–Crippen LogP) is 2.23. The molecular weight excluding hydrogens is 293 g/mol. The lowest BCUT2D eigenvalue weighted by Crippen LogP contribution is -2.14. The van der Waals surface area contributed by atoms with Crippen LogP contribution in [0.5, 0.6) is 0 Å². The van der Waals surface area contributed by atoms with E-state index in [1.165, 1.54) is 24.3 Å². The molecule has 2 aromatic carbocycles. The molecule has 1 unspecified atom stereocenters. The van der Waals surface area contributed by atoms with Crippen molar-refractivity contribution in [2.75, 3.05) is 11.1 Å². The average molecular weight is 309 g/mol. The molecule has 7 heteroatoms. The first kappa shape index (κ1) is 15.3. The molecule has 5 nitrogen and oxygen atoms in total. The van der Waals surface area contributed by atoms with Crippen molar-refractivity contribution in [1.82, 2.24) is 0 Å². The molecule has 0 aliphatic carbocycles. The lowest BCUT2D eigenvalue weighted by atomic mass is 10.1. The van der Waals surface area contributed by atoms with Gasteiger partial charge in [0, 0.05) is 17.4 Å². The molecule has 0 amide bonds. The third-order valence-electron chi connectivity index (χ3n) is 2.99. The number of nitrogens with two attached hydrogens (primary N) is 2. The summed E-state index contributed by atoms with van der Waals surface area (Å²) in [7, 11) is -3.83. The molecule has 2 rings (SSSR count). The molecule has 0 radical (unpaired) electrons. The zero-order valence-electron chi connectivity index (χ0n) is 11.4. The van der Waals surface area contributed by atoms with Gasteiger partial charge in [0.25, 0.3) is 0 Å². The SMILES string of the molecule is CC(Nc1cc(N)cc(S(N)(=O)=O)c1)c1cccc(F)c1. The highest BCUT2D eigenvalue weighted by Gasteiger charge is 2.12. The summed E-state index contributed by atoms with van der Waals surface area (Å²) in [5.41, 5.74) is 7.18. The Labute approximate surface area is 122 Å². The molecule has 0 fully saturated rings. The third-order valence-corrected chi connectivity index (χ3v) is 3.88. The number of halogens is 1. The quantitative estimate of drug-likeness (QED) is 0.754. The zero-order chi connectivity index (χ0) is 15.6. The van der Waals surface area contributed by atoms with Crippen LogP contribution in [0, 0.1) is 5.82 Å². The molecule has 5 N–H and O–H groups in total. The van der Waals surface area contributed by atoms with E-state index in [-0.39, 0.29) is 22.4 Å². The molecule has 0 heterocycles. The van der Waals surface area contributed by atoms with Gasteiger partial charge < -0.3 is 11.1 Å². The fourth-order valence-electron chi connectivity index (χ4n) is 1.98. The van der Waals surface area contributed by atoms with Gasteiger partial charge in [0.2, 0.25) is 10.0 Å². The Morgan fingerprint density at radius 2 is 1.90 bits per heavy atom. The Balaban J connectivity index is 2.29. The van der Waals surface area contributed by atoms with Crippen molar-refractivity contribution in [2.24, 2.45) is 5.14 Å². The van der Waals surface area contributed by atoms with E-state index in [4.69, 9.17) is 10.9 Å². The maximum Gasteiger partial charge on any atom is 0.238 e. The number of hydrogen-bond donors (Lipinski definition) is 3. The Morgan fingerprint density at radius 1 is 1.19 bits per heavy atom. The van der Waals surface area contributed by atoms with Crippen molar-refractivity contribution in [3.8, 4) is 0 Å². The number of rotatable bonds is 4. The molecule has 0 aliphatic heterocycles. The van der Waals surface area contributed by atoms with Crippen LogP contribution in [0.4, 0.5) is 15.8 Å². The second-order valence-corrected chi connectivity index (χ2v) is 6.32. The maximum atomic E-state index is 13.2. The summed E-state index contributed by atoms with van der Waals surface area (Å²) in [5, 5.41) is 8.17. The number of nitrogens with one attached hydrogen (secondary N) is 1. The van der Waals surface area contributed by atoms with Crippen LogP contribution < -0.4 is 16.2 Å². The highest BCUT2D eigenvalue weighted by molar-refractivity contribution is 7.89. The van der Waals surface area contributed by atoms with E-state index in [9.17, 15) is 12.8 Å². The zero-order valence-corrected chi connectivity index (χ0v) is 12.2. The van der Waals surface area contributed by atoms with Crippen molar-refractivity contribution in [1.29, 1.82) is 0 Å². The van der Waals surface area contributed by atoms with E-state index in [1.54, 1.807) is 18.2 Å². The van der Waals surface area contributed by atoms with Crippen molar-refractivity contribution in [3.63, 3.8) is 0 Å². The van der Waals surface area contributed by atoms with Gasteiger partial charge in [0.05, 0.1) is 4.90 Å². The molecule has 2 aromatic rings. The summed E-state index contributed by atoms with van der Waals surface area (Å²) in [5.74, 6) is -0.334. The molecule has 0 aromatic heterocycles. The molecule has 0 bridgehead atoms. The second kappa shape index (κ2) is 5.71. The smallest absolute Gasteiger partial charge is 0.238 e. The summed E-state index contributed by atoms with van der Waals surface area (Å²) in [6.45, 7) is 1.83. The van der Waals surface area contributed by atoms with Gasteiger partial charge in [0.1, 0.15) is 5.82 Å². The van der Waals surface area contributed by atoms with Crippen LogP contribution in [0.3, 0.4) is 0 Å². The van der Waals surface area contributed by atoms with Crippen LogP contribution >= 0.6 is 0 Å². The monoisotopic (exact) mass is 309 g/mol. The normalized spacial score (nSPS) is 12.9. The van der Waals surface area contributed by atoms with Crippen molar-refractivity contribution in [3.05, 3.63) is 53.8 Å². The predicted molar refractivity (Wildman–Crippen MR) is 80.7 cm³/mol. The van der Waals surface area contributed by atoms with Gasteiger partial charge in [-0.25, -0.2) is 17.9 Å². The van der Waals surface area contributed by atoms with Gasteiger partial charge in [-0.15, -0.1) is 0 Å². The number of primary sulfonamides is 1. The molecule has 0 aliphatic rings. The molecule has 0 saturated carbocycles. The highest BCUT2D eigenvalue weighted by atomic mass is 32.2. The largest absolute Gasteiger partial charge is 0.399 e. The molecule has 0 saturated heterocycles. The second-order valence-electron chi connectivity index (χ2n) is 4.76. The van der Waals surface area contributed by atoms with Gasteiger partial charge in [-0.05, 0) is 42.8 Å². The van der Waals surface area contributed by atoms with Crippen LogP contribution in [0.25, 0.3) is 0 Å². The van der Waals surface area contributed by atoms with Crippen LogP contribution in [0.1, 0.15) is 18.5 Å². The van der Waals surface area contributed by atoms with Crippen molar-refractivity contribution in [2.45, 2.75) is 17.9 Å². The lowest BCUT2D eigenvalue weighted by molar-refractivity contribution is 0.598. The summed E-state index contributed by atoms with van der Waals surface area (Å²) in [4.78, 5) is -0.0727. The first-order valence-corrected chi connectivity index (χ1v) is 7.76. The molecule has 112 valence electrons. The van der Waals surface area contributed by atoms with Crippen molar-refractivity contribution >= 4 is 21.4 Å². The van der Waals surface area contributed by atoms with Crippen LogP contribution in [0.15, 0.2) is 47.4 Å². The Kier molecular flexibility index (Phi) is 4.15. The highest BCUT2D eigenvalue weighted by Crippen LogP contribution is 2.24. The number of sulfonamides is 1. The minimum absolute atomic E-state index is 0.0727. The Morgan fingerprint density at radius 3 is 2.52 bits per heavy atom. The minimum atomic E-state index is -3.83. The topological polar surface area (TPSA) is 98.2 Å². The number of hydrogen-bond acceptors (Lipinski definition) is 4. The molecule has 0 spiro atoms. The van der Waals surface area contributed by atoms with Crippen LogP contribution in [-0.4, -0.2) is 8.42 Å². The fourth-order valence-corrected chi connectivity index (χ4v) is 2.57. The number of nitrogen functional groups attached to an aromatic ring is 1. The van der Waals surface area contributed by atoms with E-state index in [0.717, 1.165) is 5.56 Å². The minimum Gasteiger partial charge on any atom is -0.399 e. The van der Waals surface area contributed by atoms with Gasteiger partial charge in [-0.2, -0.15) is 0 Å². The number of anilines is 2. The van der Waals surface area contributed by atoms with Gasteiger partial charge in [0.15, 0.2) is 0 Å². The van der Waals surface area contributed by atoms with E-state index < -0.39 is 10.0 Å². The van der Waals surface area contributed by atoms with E-state index >= 15 is 0 Å². The Hall–Kier alpha value is -2.12. The van der Waals surface area contributed by atoms with E-state index in [0.29, 0.717) is 5.69 Å². The molecular formula is C14H16FN3O2S. The summed E-state index contributed by atoms with van der Waals surface area (Å²) in [6.07, 6.45) is 0. The van der Waals surface area contributed by atoms with Gasteiger partial charge >= 0.3 is 0 Å². The first-order valence-electron chi connectivity index (χ1n) is 6.21. The summed E-state index contributed by atoms with van der Waals surface area (Å²) >= 11 is 0. The standard InChI is InChI=1S/C14H16FN3O2S/c1-9(10-3-2-4-11(15)5-10)18-13-6-12(16)7-14(8-13)21(17,19)20/h2-9,18H,16H2,1H3,(H2,17,19,20). The first-order chi connectivity index (χ1) is 9.75. The Bertz CT molecular complexity index is 763. The fraction of sp³-hybridized carbons (Fsp3) is 0.143. The third kappa shape index (κ3) is 3.93. The van der Waals surface area contributed by atoms with Crippen LogP contribution in [-0.2, 0) is 10.0 Å². The molecule has 21 heavy (non-hydrogen) atoms. The summed E-state index contributed by atoms with van der Waals surface area (Å²) < 4.78 is 36.0. The van der Waals surface area contributed by atoms with E-state index in [1.807, 2.05) is 6.92 Å².